The molecule has 0 radical (unpaired) electrons. The van der Waals surface area contributed by atoms with Crippen LogP contribution >= 0.6 is 0 Å². The number of hydrogen-bond donors (Lipinski definition) is 2. The number of anilines is 1. The molecule has 0 saturated heterocycles. The van der Waals surface area contributed by atoms with Crippen molar-refractivity contribution in [2.75, 3.05) is 12.1 Å². The number of rotatable bonds is 8. The maximum absolute atomic E-state index is 13.4. The van der Waals surface area contributed by atoms with E-state index < -0.39 is 23.7 Å². The Kier molecular flexibility index (Phi) is 5.76. The van der Waals surface area contributed by atoms with Crippen molar-refractivity contribution in [1.82, 2.24) is 0 Å². The Labute approximate surface area is 202 Å². The van der Waals surface area contributed by atoms with E-state index in [0.717, 1.165) is 40.7 Å². The summed E-state index contributed by atoms with van der Waals surface area (Å²) in [4.78, 5) is 35.8. The smallest absolute Gasteiger partial charge is 0.312 e. The molecule has 0 spiro atoms. The van der Waals surface area contributed by atoms with E-state index in [0.29, 0.717) is 23.6 Å². The number of hydrogen-bond acceptors (Lipinski definition) is 5. The van der Waals surface area contributed by atoms with E-state index in [1.165, 1.54) is 0 Å². The summed E-state index contributed by atoms with van der Waals surface area (Å²) in [6.45, 7) is 2.22. The molecular weight excluding hydrogens is 446 g/mol. The molecule has 1 aliphatic carbocycles. The van der Waals surface area contributed by atoms with Crippen molar-refractivity contribution >= 4 is 23.3 Å². The Bertz CT molecular complexity index is 1320. The largest absolute Gasteiger partial charge is 0.481 e. The molecule has 7 heteroatoms. The van der Waals surface area contributed by atoms with Gasteiger partial charge in [0.15, 0.2) is 11.5 Å². The number of carboxylic acid groups (broad SMARTS) is 1. The molecule has 1 heterocycles. The minimum absolute atomic E-state index is 0.197. The summed E-state index contributed by atoms with van der Waals surface area (Å²) < 4.78 is 10.9. The molecule has 0 atom stereocenters. The van der Waals surface area contributed by atoms with Gasteiger partial charge >= 0.3 is 5.97 Å². The van der Waals surface area contributed by atoms with Crippen LogP contribution in [0.15, 0.2) is 60.7 Å². The lowest BCUT2D eigenvalue weighted by Crippen LogP contribution is -2.22. The summed E-state index contributed by atoms with van der Waals surface area (Å²) in [5, 5.41) is 11.3. The minimum Gasteiger partial charge on any atom is -0.481 e. The van der Waals surface area contributed by atoms with Crippen molar-refractivity contribution in [2.45, 2.75) is 38.0 Å². The Hall–Kier alpha value is -4.13. The van der Waals surface area contributed by atoms with Crippen LogP contribution in [0.1, 0.15) is 36.0 Å². The lowest BCUT2D eigenvalue weighted by atomic mass is 9.87. The molecule has 5 rings (SSSR count). The normalized spacial score (nSPS) is 14.9. The number of carbonyl (C=O) groups excluding carboxylic acids is 2. The van der Waals surface area contributed by atoms with Crippen LogP contribution in [-0.4, -0.2) is 29.6 Å². The predicted molar refractivity (Wildman–Crippen MR) is 130 cm³/mol. The topological polar surface area (TPSA) is 102 Å². The average molecular weight is 472 g/mol. The van der Waals surface area contributed by atoms with Gasteiger partial charge in [-0.05, 0) is 71.8 Å². The molecule has 3 aromatic rings. The van der Waals surface area contributed by atoms with E-state index in [1.54, 1.807) is 12.1 Å². The highest BCUT2D eigenvalue weighted by molar-refractivity contribution is 6.01. The highest BCUT2D eigenvalue weighted by atomic mass is 16.7. The average Bonchev–Trinajstić information content (AvgIpc) is 3.51. The van der Waals surface area contributed by atoms with E-state index in [1.807, 2.05) is 55.5 Å². The summed E-state index contributed by atoms with van der Waals surface area (Å²) >= 11 is 0. The molecule has 2 aliphatic rings. The number of amides is 1. The van der Waals surface area contributed by atoms with Crippen LogP contribution in [0.5, 0.6) is 11.5 Å². The molecule has 0 aromatic heterocycles. The van der Waals surface area contributed by atoms with Crippen LogP contribution in [0.2, 0.25) is 0 Å². The van der Waals surface area contributed by atoms with Crippen LogP contribution in [-0.2, 0) is 26.2 Å². The molecule has 2 N–H and O–H groups in total. The second-order valence-corrected chi connectivity index (χ2v) is 9.10. The first kappa shape index (κ1) is 22.7. The maximum atomic E-state index is 13.4. The SMILES string of the molecule is Cc1ccc(CC(=O)C2(c3ccc4c(c3)OCO4)CC2)cc1-c1ccc(NC(=O)CC(=O)O)cc1. The van der Waals surface area contributed by atoms with Crippen molar-refractivity contribution in [3.05, 3.63) is 77.4 Å². The third-order valence-corrected chi connectivity index (χ3v) is 6.67. The zero-order valence-corrected chi connectivity index (χ0v) is 19.3. The number of ketones is 1. The Morgan fingerprint density at radius 2 is 1.69 bits per heavy atom. The molecular formula is C28H25NO6. The van der Waals surface area contributed by atoms with Gasteiger partial charge in [0.05, 0.1) is 5.41 Å². The fourth-order valence-corrected chi connectivity index (χ4v) is 4.57. The van der Waals surface area contributed by atoms with Crippen LogP contribution in [0, 0.1) is 6.92 Å². The van der Waals surface area contributed by atoms with E-state index >= 15 is 0 Å². The van der Waals surface area contributed by atoms with Crippen LogP contribution in [0.25, 0.3) is 11.1 Å². The van der Waals surface area contributed by atoms with E-state index in [2.05, 4.69) is 5.32 Å². The Balaban J connectivity index is 1.32. The second-order valence-electron chi connectivity index (χ2n) is 9.10. The summed E-state index contributed by atoms with van der Waals surface area (Å²) in [7, 11) is 0. The Morgan fingerprint density at radius 1 is 0.943 bits per heavy atom. The number of nitrogens with one attached hydrogen (secondary N) is 1. The molecule has 178 valence electrons. The predicted octanol–water partition coefficient (Wildman–Crippen LogP) is 4.65. The molecule has 1 amide bonds. The Morgan fingerprint density at radius 3 is 2.40 bits per heavy atom. The number of benzene rings is 3. The van der Waals surface area contributed by atoms with Crippen molar-refractivity contribution in [2.24, 2.45) is 0 Å². The van der Waals surface area contributed by atoms with Crippen molar-refractivity contribution < 1.29 is 29.0 Å². The van der Waals surface area contributed by atoms with Gasteiger partial charge in [-0.3, -0.25) is 14.4 Å². The van der Waals surface area contributed by atoms with Gasteiger partial charge in [0.1, 0.15) is 12.2 Å². The number of aryl methyl sites for hydroxylation is 1. The maximum Gasteiger partial charge on any atom is 0.312 e. The number of Topliss-reactive ketones (excluding diaryl/α,β-unsaturated/α-hetero) is 1. The number of ether oxygens (including phenoxy) is 2. The molecule has 7 nitrogen and oxygen atoms in total. The molecule has 35 heavy (non-hydrogen) atoms. The third kappa shape index (κ3) is 4.62. The van der Waals surface area contributed by atoms with Gasteiger partial charge in [-0.1, -0.05) is 36.4 Å². The van der Waals surface area contributed by atoms with Crippen molar-refractivity contribution in [3.63, 3.8) is 0 Å². The second kappa shape index (κ2) is 8.91. The zero-order valence-electron chi connectivity index (χ0n) is 19.3. The standard InChI is InChI=1S/C28H25NO6/c1-17-2-3-18(12-22(17)19-4-7-21(8-5-19)29-26(31)15-27(32)33)13-25(30)28(10-11-28)20-6-9-23-24(14-20)35-16-34-23/h2-9,12,14H,10-11,13,15-16H2,1H3,(H,29,31)(H,32,33). The number of carboxylic acids is 1. The van der Waals surface area contributed by atoms with Crippen molar-refractivity contribution in [1.29, 1.82) is 0 Å². The summed E-state index contributed by atoms with van der Waals surface area (Å²) in [5.41, 5.74) is 5.03. The molecule has 1 fully saturated rings. The van der Waals surface area contributed by atoms with Gasteiger partial charge in [0, 0.05) is 12.1 Å². The minimum atomic E-state index is -1.17. The first-order valence-corrected chi connectivity index (χ1v) is 11.5. The van der Waals surface area contributed by atoms with Crippen LogP contribution in [0.3, 0.4) is 0 Å². The molecule has 3 aromatic carbocycles. The first-order chi connectivity index (χ1) is 16.8. The lowest BCUT2D eigenvalue weighted by molar-refractivity contribution is -0.139. The molecule has 1 aliphatic heterocycles. The van der Waals surface area contributed by atoms with Gasteiger partial charge in [-0.25, -0.2) is 0 Å². The van der Waals surface area contributed by atoms with Crippen LogP contribution < -0.4 is 14.8 Å². The fourth-order valence-electron chi connectivity index (χ4n) is 4.57. The van der Waals surface area contributed by atoms with E-state index in [4.69, 9.17) is 14.6 Å². The van der Waals surface area contributed by atoms with Gasteiger partial charge in [0.2, 0.25) is 12.7 Å². The lowest BCUT2D eigenvalue weighted by Gasteiger charge is -2.16. The number of fused-ring (bicyclic) bond motifs is 1. The quantitative estimate of drug-likeness (QED) is 0.464. The number of carbonyl (C=O) groups is 3. The highest BCUT2D eigenvalue weighted by Gasteiger charge is 2.50. The summed E-state index contributed by atoms with van der Waals surface area (Å²) in [5.74, 6) is -0.136. The highest BCUT2D eigenvalue weighted by Crippen LogP contribution is 2.51. The van der Waals surface area contributed by atoms with E-state index in [9.17, 15) is 14.4 Å². The third-order valence-electron chi connectivity index (χ3n) is 6.67. The van der Waals surface area contributed by atoms with Gasteiger partial charge < -0.3 is 19.9 Å². The first-order valence-electron chi connectivity index (χ1n) is 11.5. The number of aliphatic carboxylic acids is 1. The summed E-state index contributed by atoms with van der Waals surface area (Å²) in [6.07, 6.45) is 1.42. The zero-order chi connectivity index (χ0) is 24.6. The summed E-state index contributed by atoms with van der Waals surface area (Å²) in [6, 6.07) is 19.1. The fraction of sp³-hybridized carbons (Fsp3) is 0.250. The van der Waals surface area contributed by atoms with Crippen molar-refractivity contribution in [3.8, 4) is 22.6 Å². The van der Waals surface area contributed by atoms with Gasteiger partial charge in [-0.2, -0.15) is 0 Å². The molecule has 0 unspecified atom stereocenters. The van der Waals surface area contributed by atoms with Gasteiger partial charge in [0.25, 0.3) is 0 Å². The van der Waals surface area contributed by atoms with E-state index in [-0.39, 0.29) is 12.6 Å². The molecule has 0 bridgehead atoms. The van der Waals surface area contributed by atoms with Gasteiger partial charge in [-0.15, -0.1) is 0 Å². The monoisotopic (exact) mass is 471 g/mol. The van der Waals surface area contributed by atoms with Crippen LogP contribution in [0.4, 0.5) is 5.69 Å². The molecule has 1 saturated carbocycles.